The van der Waals surface area contributed by atoms with E-state index in [1.165, 1.54) is 0 Å². The van der Waals surface area contributed by atoms with Crippen molar-refractivity contribution >= 4 is 66.1 Å². The highest BCUT2D eigenvalue weighted by molar-refractivity contribution is 9.39. The van der Waals surface area contributed by atoms with Crippen LogP contribution in [0.25, 0.3) is 0 Å². The Hall–Kier alpha value is 2.01. The topological polar surface area (TPSA) is 29.5 Å². The van der Waals surface area contributed by atoms with Gasteiger partial charge in [0.2, 0.25) is 0 Å². The second kappa shape index (κ2) is 7.36. The van der Waals surface area contributed by atoms with Gasteiger partial charge in [-0.25, -0.2) is 0 Å². The Kier molecular flexibility index (Phi) is 8.41. The lowest BCUT2D eigenvalue weighted by molar-refractivity contribution is 0.321. The van der Waals surface area contributed by atoms with Crippen molar-refractivity contribution < 1.29 is 9.42 Å². The first-order valence-electron chi connectivity index (χ1n) is 4.30. The van der Waals surface area contributed by atoms with Gasteiger partial charge in [0.15, 0.2) is 8.63 Å². The van der Waals surface area contributed by atoms with Crippen LogP contribution in [-0.2, 0) is 16.3 Å². The zero-order valence-electron chi connectivity index (χ0n) is 7.88. The second-order valence-corrected chi connectivity index (χ2v) is 13.9. The second-order valence-electron chi connectivity index (χ2n) is 2.96. The minimum atomic E-state index is -2.58. The zero-order chi connectivity index (χ0) is 11.2. The van der Waals surface area contributed by atoms with E-state index in [1.807, 2.05) is 0 Å². The van der Waals surface area contributed by atoms with Crippen LogP contribution in [0.5, 0.6) is 0 Å². The summed E-state index contributed by atoms with van der Waals surface area (Å²) >= 11 is 14.9. The lowest BCUT2D eigenvalue weighted by Crippen LogP contribution is -2.10. The first-order chi connectivity index (χ1) is 6.27. The Morgan fingerprint density at radius 1 is 1.36 bits per heavy atom. The lowest BCUT2D eigenvalue weighted by atomic mass is 10.3. The van der Waals surface area contributed by atoms with Crippen molar-refractivity contribution in [2.75, 3.05) is 12.8 Å². The van der Waals surface area contributed by atoms with E-state index >= 15 is 0 Å². The predicted molar refractivity (Wildman–Crippen MR) is 76.4 cm³/mol. The molecule has 0 saturated carbocycles. The Morgan fingerprint density at radius 3 is 2.36 bits per heavy atom. The molecule has 0 aromatic carbocycles. The van der Waals surface area contributed by atoms with Gasteiger partial charge in [0, 0.05) is 6.16 Å². The summed E-state index contributed by atoms with van der Waals surface area (Å²) in [6, 6.07) is 0. The summed E-state index contributed by atoms with van der Waals surface area (Å²) in [5.74, 6) is 0. The molecule has 0 aliphatic carbocycles. The van der Waals surface area contributed by atoms with Crippen LogP contribution in [0.2, 0.25) is 0 Å². The number of hydrogen-bond donors (Lipinski definition) is 1. The third-order valence-corrected chi connectivity index (χ3v) is 4.44. The molecule has 0 radical (unpaired) electrons. The summed E-state index contributed by atoms with van der Waals surface area (Å²) in [5, 5.41) is 0. The average molecular weight is 433 g/mol. The van der Waals surface area contributed by atoms with Crippen LogP contribution in [0.4, 0.5) is 0 Å². The van der Waals surface area contributed by atoms with E-state index < -0.39 is 8.63 Å². The van der Waals surface area contributed by atoms with Crippen LogP contribution < -0.4 is 0 Å². The largest absolute Gasteiger partial charge is 0.345 e. The maximum absolute atomic E-state index is 9.75. The van der Waals surface area contributed by atoms with Crippen LogP contribution in [0.15, 0.2) is 0 Å². The first-order valence-corrected chi connectivity index (χ1v) is 9.53. The van der Waals surface area contributed by atoms with E-state index in [0.717, 1.165) is 19.3 Å². The molecule has 0 rings (SSSR count). The van der Waals surface area contributed by atoms with Gasteiger partial charge in [-0.2, -0.15) is 0 Å². The normalized spacial score (nSPS) is 16.6. The highest BCUT2D eigenvalue weighted by atomic mass is 80.0. The van der Waals surface area contributed by atoms with Crippen molar-refractivity contribution in [3.8, 4) is 0 Å². The van der Waals surface area contributed by atoms with Crippen molar-refractivity contribution in [1.29, 1.82) is 0 Å². The monoisotopic (exact) mass is 430 g/mol. The summed E-state index contributed by atoms with van der Waals surface area (Å²) in [5.41, 5.74) is 0. The Labute approximate surface area is 116 Å². The SMILES string of the molecule is CCCCCP(O)(=S)OCC(Br)(Br)Br. The fourth-order valence-corrected chi connectivity index (χ4v) is 3.37. The summed E-state index contributed by atoms with van der Waals surface area (Å²) in [6.07, 6.45) is 3.74. The van der Waals surface area contributed by atoms with Crippen molar-refractivity contribution in [3.63, 3.8) is 0 Å². The molecule has 0 aliphatic rings. The fourth-order valence-electron chi connectivity index (χ4n) is 0.800. The molecule has 0 bridgehead atoms. The van der Waals surface area contributed by atoms with E-state index in [0.29, 0.717) is 12.8 Å². The number of rotatable bonds is 6. The van der Waals surface area contributed by atoms with Gasteiger partial charge in [0.05, 0.1) is 6.61 Å². The van der Waals surface area contributed by atoms with Gasteiger partial charge >= 0.3 is 0 Å². The molecule has 0 spiro atoms. The third kappa shape index (κ3) is 10.5. The third-order valence-electron chi connectivity index (χ3n) is 1.47. The van der Waals surface area contributed by atoms with Gasteiger partial charge in [0.1, 0.15) is 0 Å². The van der Waals surface area contributed by atoms with Crippen molar-refractivity contribution in [2.45, 2.75) is 28.3 Å². The Morgan fingerprint density at radius 2 is 1.93 bits per heavy atom. The molecule has 0 saturated heterocycles. The van der Waals surface area contributed by atoms with Crippen molar-refractivity contribution in [1.82, 2.24) is 0 Å². The van der Waals surface area contributed by atoms with Crippen LogP contribution >= 0.6 is 54.3 Å². The van der Waals surface area contributed by atoms with E-state index in [4.69, 9.17) is 16.3 Å². The van der Waals surface area contributed by atoms with Crippen LogP contribution in [0, 0.1) is 0 Å². The van der Waals surface area contributed by atoms with E-state index in [9.17, 15) is 4.89 Å². The maximum atomic E-state index is 9.75. The lowest BCUT2D eigenvalue weighted by Gasteiger charge is -2.19. The molecule has 1 unspecified atom stereocenters. The summed E-state index contributed by atoms with van der Waals surface area (Å²) in [7, 11) is 0. The molecule has 2 nitrogen and oxygen atoms in total. The van der Waals surface area contributed by atoms with E-state index in [1.54, 1.807) is 0 Å². The highest BCUT2D eigenvalue weighted by Gasteiger charge is 2.22. The minimum absolute atomic E-state index is 0.299. The molecule has 0 fully saturated rings. The van der Waals surface area contributed by atoms with E-state index in [-0.39, 0.29) is 0 Å². The average Bonchev–Trinajstić information content (AvgIpc) is 2.00. The summed E-state index contributed by atoms with van der Waals surface area (Å²) in [4.78, 5) is 9.75. The molecule has 0 heterocycles. The molecule has 86 valence electrons. The van der Waals surface area contributed by atoms with Gasteiger partial charge in [-0.15, -0.1) is 0 Å². The zero-order valence-corrected chi connectivity index (χ0v) is 14.3. The van der Waals surface area contributed by atoms with Crippen molar-refractivity contribution in [2.24, 2.45) is 0 Å². The van der Waals surface area contributed by atoms with E-state index in [2.05, 4.69) is 54.7 Å². The molecular formula is C7H14Br3O2PS. The Bertz CT molecular complexity index is 208. The van der Waals surface area contributed by atoms with Crippen LogP contribution in [0.1, 0.15) is 26.2 Å². The molecule has 0 amide bonds. The molecule has 7 heteroatoms. The molecule has 0 aromatic rings. The first kappa shape index (κ1) is 16.0. The smallest absolute Gasteiger partial charge is 0.186 e. The quantitative estimate of drug-likeness (QED) is 0.385. The molecule has 0 aliphatic heterocycles. The van der Waals surface area contributed by atoms with Gasteiger partial charge in [-0.3, -0.25) is 0 Å². The Balaban J connectivity index is 3.78. The molecule has 14 heavy (non-hydrogen) atoms. The number of unbranched alkanes of at least 4 members (excludes halogenated alkanes) is 2. The number of alkyl halides is 3. The minimum Gasteiger partial charge on any atom is -0.345 e. The molecular weight excluding hydrogens is 419 g/mol. The van der Waals surface area contributed by atoms with Crippen molar-refractivity contribution in [3.05, 3.63) is 0 Å². The predicted octanol–water partition coefficient (Wildman–Crippen LogP) is 4.33. The van der Waals surface area contributed by atoms with Gasteiger partial charge in [-0.1, -0.05) is 67.6 Å². The number of hydrogen-bond acceptors (Lipinski definition) is 2. The summed E-state index contributed by atoms with van der Waals surface area (Å²) < 4.78 is 4.80. The standard InChI is InChI=1S/C7H14Br3O2PS/c1-2-3-4-5-13(11,14)12-6-7(8,9)10/h2-6H2,1H3,(H,11,14). The van der Waals surface area contributed by atoms with Gasteiger partial charge in [0.25, 0.3) is 0 Å². The molecule has 1 N–H and O–H groups in total. The fraction of sp³-hybridized carbons (Fsp3) is 1.00. The number of halogens is 3. The summed E-state index contributed by atoms with van der Waals surface area (Å²) in [6.45, 7) is -0.164. The molecule has 1 atom stereocenters. The van der Waals surface area contributed by atoms with Crippen LogP contribution in [-0.4, -0.2) is 19.8 Å². The maximum Gasteiger partial charge on any atom is 0.186 e. The highest BCUT2D eigenvalue weighted by Crippen LogP contribution is 2.46. The van der Waals surface area contributed by atoms with Gasteiger partial charge in [-0.05, 0) is 18.2 Å². The van der Waals surface area contributed by atoms with Crippen LogP contribution in [0.3, 0.4) is 0 Å². The molecule has 0 aromatic heterocycles. The van der Waals surface area contributed by atoms with Gasteiger partial charge < -0.3 is 9.42 Å².